The Morgan fingerprint density at radius 1 is 1.03 bits per heavy atom. The van der Waals surface area contributed by atoms with Crippen LogP contribution in [0.3, 0.4) is 0 Å². The fourth-order valence-electron chi connectivity index (χ4n) is 2.77. The molecule has 0 saturated carbocycles. The van der Waals surface area contributed by atoms with Crippen molar-refractivity contribution < 1.29 is 17.6 Å². The maximum Gasteiger partial charge on any atom is 0.251 e. The van der Waals surface area contributed by atoms with Crippen LogP contribution in [-0.4, -0.2) is 32.4 Å². The summed E-state index contributed by atoms with van der Waals surface area (Å²) in [6.45, 7) is 0.528. The highest BCUT2D eigenvalue weighted by Crippen LogP contribution is 2.17. The predicted octanol–water partition coefficient (Wildman–Crippen LogP) is 4.58. The molecule has 0 atom stereocenters. The fraction of sp³-hybridized carbons (Fsp3) is 0.227. The lowest BCUT2D eigenvalue weighted by atomic mass is 10.2. The highest BCUT2D eigenvalue weighted by Gasteiger charge is 2.13. The van der Waals surface area contributed by atoms with Gasteiger partial charge in [0.15, 0.2) is 0 Å². The summed E-state index contributed by atoms with van der Waals surface area (Å²) in [7, 11) is -3.54. The smallest absolute Gasteiger partial charge is 0.251 e. The van der Waals surface area contributed by atoms with E-state index in [9.17, 15) is 13.2 Å². The van der Waals surface area contributed by atoms with Gasteiger partial charge in [-0.2, -0.15) is 11.8 Å². The van der Waals surface area contributed by atoms with E-state index in [0.29, 0.717) is 29.2 Å². The minimum Gasteiger partial charge on any atom is -0.468 e. The zero-order chi connectivity index (χ0) is 22.1. The Kier molecular flexibility index (Phi) is 8.45. The maximum absolute atomic E-state index is 12.3. The van der Waals surface area contributed by atoms with E-state index < -0.39 is 10.0 Å². The Labute approximate surface area is 191 Å². The molecule has 0 saturated heterocycles. The summed E-state index contributed by atoms with van der Waals surface area (Å²) in [6, 6.07) is 17.3. The Morgan fingerprint density at radius 3 is 2.52 bits per heavy atom. The SMILES string of the molecule is O=C(NCCSCc1ccco1)c1ccc(NS(=O)(=O)CCc2ccccc2Cl)cc1. The van der Waals surface area contributed by atoms with Crippen LogP contribution in [0.25, 0.3) is 0 Å². The fourth-order valence-corrected chi connectivity index (χ4v) is 4.84. The van der Waals surface area contributed by atoms with Gasteiger partial charge in [0.1, 0.15) is 5.76 Å². The number of aryl methyl sites for hydroxylation is 1. The molecule has 164 valence electrons. The number of furan rings is 1. The summed E-state index contributed by atoms with van der Waals surface area (Å²) in [6.07, 6.45) is 1.95. The number of nitrogens with one attached hydrogen (secondary N) is 2. The van der Waals surface area contributed by atoms with Crippen LogP contribution in [-0.2, 0) is 22.2 Å². The molecule has 3 aromatic rings. The molecule has 0 aliphatic carbocycles. The zero-order valence-corrected chi connectivity index (χ0v) is 19.1. The van der Waals surface area contributed by atoms with Crippen LogP contribution in [0.4, 0.5) is 5.69 Å². The molecule has 9 heteroatoms. The molecule has 0 aliphatic heterocycles. The van der Waals surface area contributed by atoms with E-state index in [1.165, 1.54) is 0 Å². The van der Waals surface area contributed by atoms with E-state index in [-0.39, 0.29) is 11.7 Å². The van der Waals surface area contributed by atoms with Crippen molar-refractivity contribution in [1.82, 2.24) is 5.32 Å². The standard InChI is InChI=1S/C22H23ClN2O4S2/c23-21-6-2-1-4-17(21)11-15-31(27,28)25-19-9-7-18(8-10-19)22(26)24-12-14-30-16-20-5-3-13-29-20/h1-10,13,25H,11-12,14-16H2,(H,24,26). The van der Waals surface area contributed by atoms with Gasteiger partial charge in [-0.1, -0.05) is 29.8 Å². The van der Waals surface area contributed by atoms with Crippen molar-refractivity contribution in [2.24, 2.45) is 0 Å². The number of halogens is 1. The van der Waals surface area contributed by atoms with Gasteiger partial charge in [-0.05, 0) is 54.4 Å². The number of benzene rings is 2. The second-order valence-corrected chi connectivity index (χ2v) is 10.1. The Bertz CT molecular complexity index is 1080. The topological polar surface area (TPSA) is 88.4 Å². The molecule has 2 N–H and O–H groups in total. The third kappa shape index (κ3) is 7.65. The molecule has 3 rings (SSSR count). The Morgan fingerprint density at radius 2 is 1.81 bits per heavy atom. The lowest BCUT2D eigenvalue weighted by Crippen LogP contribution is -2.25. The van der Waals surface area contributed by atoms with E-state index in [1.54, 1.807) is 60.5 Å². The first kappa shape index (κ1) is 23.2. The molecular weight excluding hydrogens is 456 g/mol. The molecular formula is C22H23ClN2O4S2. The van der Waals surface area contributed by atoms with Gasteiger partial charge in [0, 0.05) is 28.6 Å². The zero-order valence-electron chi connectivity index (χ0n) is 16.7. The second kappa shape index (κ2) is 11.3. The van der Waals surface area contributed by atoms with Crippen molar-refractivity contribution in [2.75, 3.05) is 22.8 Å². The number of rotatable bonds is 11. The summed E-state index contributed by atoms with van der Waals surface area (Å²) < 4.78 is 32.5. The monoisotopic (exact) mass is 478 g/mol. The first-order valence-corrected chi connectivity index (χ1v) is 12.8. The Hall–Kier alpha value is -2.42. The number of anilines is 1. The first-order chi connectivity index (χ1) is 14.9. The van der Waals surface area contributed by atoms with Crippen LogP contribution >= 0.6 is 23.4 Å². The molecule has 2 aromatic carbocycles. The molecule has 0 spiro atoms. The van der Waals surface area contributed by atoms with E-state index in [2.05, 4.69) is 10.0 Å². The molecule has 1 heterocycles. The Balaban J connectivity index is 1.43. The second-order valence-electron chi connectivity index (χ2n) is 6.73. The molecule has 0 bridgehead atoms. The molecule has 6 nitrogen and oxygen atoms in total. The number of hydrogen-bond acceptors (Lipinski definition) is 5. The van der Waals surface area contributed by atoms with Gasteiger partial charge >= 0.3 is 0 Å². The summed E-state index contributed by atoms with van der Waals surface area (Å²) in [5, 5.41) is 3.40. The number of amides is 1. The number of sulfonamides is 1. The first-order valence-electron chi connectivity index (χ1n) is 9.65. The minimum atomic E-state index is -3.54. The third-order valence-corrected chi connectivity index (χ3v) is 7.01. The summed E-state index contributed by atoms with van der Waals surface area (Å²) in [5.74, 6) is 2.13. The third-order valence-electron chi connectivity index (χ3n) is 4.37. The molecule has 1 aromatic heterocycles. The van der Waals surface area contributed by atoms with Crippen molar-refractivity contribution in [1.29, 1.82) is 0 Å². The summed E-state index contributed by atoms with van der Waals surface area (Å²) in [5.41, 5.74) is 1.66. The largest absolute Gasteiger partial charge is 0.468 e. The summed E-state index contributed by atoms with van der Waals surface area (Å²) >= 11 is 7.75. The molecule has 31 heavy (non-hydrogen) atoms. The van der Waals surface area contributed by atoms with Gasteiger partial charge < -0.3 is 9.73 Å². The number of thioether (sulfide) groups is 1. The van der Waals surface area contributed by atoms with Crippen LogP contribution < -0.4 is 10.0 Å². The van der Waals surface area contributed by atoms with Crippen molar-refractivity contribution in [3.05, 3.63) is 88.8 Å². The number of hydrogen-bond donors (Lipinski definition) is 2. The molecule has 1 amide bonds. The van der Waals surface area contributed by atoms with Crippen molar-refractivity contribution >= 4 is 45.0 Å². The summed E-state index contributed by atoms with van der Waals surface area (Å²) in [4.78, 5) is 12.2. The van der Waals surface area contributed by atoms with Gasteiger partial charge in [-0.3, -0.25) is 9.52 Å². The van der Waals surface area contributed by atoms with Gasteiger partial charge in [0.25, 0.3) is 5.91 Å². The number of carbonyl (C=O) groups is 1. The van der Waals surface area contributed by atoms with E-state index >= 15 is 0 Å². The van der Waals surface area contributed by atoms with Gasteiger partial charge in [0.05, 0.1) is 17.8 Å². The van der Waals surface area contributed by atoms with Crippen molar-refractivity contribution in [3.63, 3.8) is 0 Å². The molecule has 0 radical (unpaired) electrons. The van der Waals surface area contributed by atoms with Crippen LogP contribution in [0.1, 0.15) is 21.7 Å². The lowest BCUT2D eigenvalue weighted by Gasteiger charge is -2.10. The van der Waals surface area contributed by atoms with Crippen LogP contribution in [0.2, 0.25) is 5.02 Å². The van der Waals surface area contributed by atoms with Gasteiger partial charge in [-0.25, -0.2) is 8.42 Å². The van der Waals surface area contributed by atoms with E-state index in [0.717, 1.165) is 22.8 Å². The predicted molar refractivity (Wildman–Crippen MR) is 126 cm³/mol. The van der Waals surface area contributed by atoms with Gasteiger partial charge in [0.2, 0.25) is 10.0 Å². The minimum absolute atomic E-state index is 0.0886. The van der Waals surface area contributed by atoms with Gasteiger partial charge in [-0.15, -0.1) is 0 Å². The van der Waals surface area contributed by atoms with Crippen molar-refractivity contribution in [2.45, 2.75) is 12.2 Å². The normalized spacial score (nSPS) is 11.3. The molecule has 0 unspecified atom stereocenters. The molecule has 0 fully saturated rings. The highest BCUT2D eigenvalue weighted by atomic mass is 35.5. The van der Waals surface area contributed by atoms with E-state index in [4.69, 9.17) is 16.0 Å². The number of carbonyl (C=O) groups excluding carboxylic acids is 1. The van der Waals surface area contributed by atoms with Crippen LogP contribution in [0.15, 0.2) is 71.3 Å². The van der Waals surface area contributed by atoms with E-state index in [1.807, 2.05) is 18.2 Å². The maximum atomic E-state index is 12.3. The average molecular weight is 479 g/mol. The molecule has 0 aliphatic rings. The van der Waals surface area contributed by atoms with Crippen molar-refractivity contribution in [3.8, 4) is 0 Å². The van der Waals surface area contributed by atoms with Crippen LogP contribution in [0, 0.1) is 0 Å². The average Bonchev–Trinajstić information content (AvgIpc) is 3.27. The van der Waals surface area contributed by atoms with Crippen LogP contribution in [0.5, 0.6) is 0 Å². The lowest BCUT2D eigenvalue weighted by molar-refractivity contribution is 0.0956. The quantitative estimate of drug-likeness (QED) is 0.394. The highest BCUT2D eigenvalue weighted by molar-refractivity contribution is 7.98.